The fraction of sp³-hybridized carbons (Fsp3) is 0.562. The van der Waals surface area contributed by atoms with Crippen molar-refractivity contribution >= 4 is 5.91 Å². The summed E-state index contributed by atoms with van der Waals surface area (Å²) in [5.41, 5.74) is 3.23. The van der Waals surface area contributed by atoms with E-state index in [0.29, 0.717) is 6.04 Å². The molecule has 0 unspecified atom stereocenters. The Balaban J connectivity index is 1.56. The van der Waals surface area contributed by atoms with Crippen molar-refractivity contribution in [1.82, 2.24) is 29.5 Å². The Kier molecular flexibility index (Phi) is 3.45. The van der Waals surface area contributed by atoms with E-state index in [0.717, 1.165) is 49.4 Å². The summed E-state index contributed by atoms with van der Waals surface area (Å²) < 4.78 is 3.80. The summed E-state index contributed by atoms with van der Waals surface area (Å²) in [6, 6.07) is 0.382. The molecule has 3 heterocycles. The molecule has 1 aliphatic heterocycles. The number of nitrogens with zero attached hydrogens (tertiary/aromatic N) is 5. The van der Waals surface area contributed by atoms with Crippen molar-refractivity contribution in [3.63, 3.8) is 0 Å². The highest BCUT2D eigenvalue weighted by Crippen LogP contribution is 2.30. The fourth-order valence-corrected chi connectivity index (χ4v) is 3.35. The van der Waals surface area contributed by atoms with Crippen LogP contribution in [0.5, 0.6) is 0 Å². The fourth-order valence-electron chi connectivity index (χ4n) is 3.35. The number of hydrogen-bond donors (Lipinski definition) is 1. The highest BCUT2D eigenvalue weighted by Gasteiger charge is 2.36. The van der Waals surface area contributed by atoms with E-state index >= 15 is 0 Å². The van der Waals surface area contributed by atoms with Crippen molar-refractivity contribution in [3.8, 4) is 0 Å². The van der Waals surface area contributed by atoms with E-state index in [1.165, 1.54) is 0 Å². The summed E-state index contributed by atoms with van der Waals surface area (Å²) in [7, 11) is 3.89. The second-order valence-corrected chi connectivity index (χ2v) is 6.71. The Bertz CT molecular complexity index is 729. The minimum absolute atomic E-state index is 0.133. The number of carbonyl (C=O) groups excluding carboxylic acids is 1. The first-order valence-corrected chi connectivity index (χ1v) is 8.10. The molecule has 0 saturated heterocycles. The number of nitrogens with one attached hydrogen (secondary N) is 1. The van der Waals surface area contributed by atoms with Crippen LogP contribution in [0.1, 0.15) is 35.7 Å². The maximum Gasteiger partial charge on any atom is 0.230 e. The van der Waals surface area contributed by atoms with Gasteiger partial charge in [-0.3, -0.25) is 14.4 Å². The molecule has 2 aromatic heterocycles. The Morgan fingerprint density at radius 2 is 2.22 bits per heavy atom. The maximum atomic E-state index is 12.7. The number of hydrogen-bond acceptors (Lipinski definition) is 4. The van der Waals surface area contributed by atoms with Gasteiger partial charge in [0.2, 0.25) is 5.91 Å². The summed E-state index contributed by atoms with van der Waals surface area (Å²) in [4.78, 5) is 19.5. The lowest BCUT2D eigenvalue weighted by Gasteiger charge is -2.32. The molecule has 7 heteroatoms. The van der Waals surface area contributed by atoms with Crippen LogP contribution in [0.3, 0.4) is 0 Å². The van der Waals surface area contributed by atoms with Crippen LogP contribution in [0, 0.1) is 0 Å². The van der Waals surface area contributed by atoms with Crippen LogP contribution in [-0.2, 0) is 32.0 Å². The predicted molar refractivity (Wildman–Crippen MR) is 84.4 cm³/mol. The zero-order valence-electron chi connectivity index (χ0n) is 13.6. The van der Waals surface area contributed by atoms with Gasteiger partial charge in [0.1, 0.15) is 0 Å². The number of fused-ring (bicyclic) bond motifs is 1. The lowest BCUT2D eigenvalue weighted by Crippen LogP contribution is -2.42. The summed E-state index contributed by atoms with van der Waals surface area (Å²) in [5, 5.41) is 7.37. The van der Waals surface area contributed by atoms with Crippen LogP contribution in [0.25, 0.3) is 0 Å². The standard InChI is InChI=1S/C16H22N6O/c1-20-10-17-14-9-22(7-11-5-18-21(2)6-11)8-13(15(14)20)16(23)19-12-3-4-12/h5-6,10,12-13H,3-4,7-9H2,1-2H3,(H,19,23)/t13-/m1/s1. The highest BCUT2D eigenvalue weighted by molar-refractivity contribution is 5.84. The van der Waals surface area contributed by atoms with Crippen LogP contribution in [-0.4, -0.2) is 42.7 Å². The molecule has 2 aliphatic rings. The van der Waals surface area contributed by atoms with E-state index in [9.17, 15) is 4.79 Å². The second kappa shape index (κ2) is 5.49. The number of rotatable bonds is 4. The first kappa shape index (κ1) is 14.4. The third-order valence-electron chi connectivity index (χ3n) is 4.61. The Labute approximate surface area is 135 Å². The number of amides is 1. The molecule has 0 bridgehead atoms. The van der Waals surface area contributed by atoms with Crippen LogP contribution in [0.2, 0.25) is 0 Å². The van der Waals surface area contributed by atoms with Gasteiger partial charge in [0.25, 0.3) is 0 Å². The SMILES string of the molecule is Cn1cc(CN2Cc3ncn(C)c3[C@H](C(=O)NC3CC3)C2)cn1. The summed E-state index contributed by atoms with van der Waals surface area (Å²) in [6.45, 7) is 2.29. The van der Waals surface area contributed by atoms with Gasteiger partial charge in [0, 0.05) is 51.5 Å². The molecule has 0 aromatic carbocycles. The van der Waals surface area contributed by atoms with Gasteiger partial charge in [-0.2, -0.15) is 5.10 Å². The van der Waals surface area contributed by atoms with Crippen LogP contribution in [0.4, 0.5) is 0 Å². The normalized spacial score (nSPS) is 21.2. The molecule has 0 radical (unpaired) electrons. The van der Waals surface area contributed by atoms with E-state index in [2.05, 4.69) is 20.3 Å². The minimum Gasteiger partial charge on any atom is -0.353 e. The number of aromatic nitrogens is 4. The van der Waals surface area contributed by atoms with Gasteiger partial charge in [0.15, 0.2) is 0 Å². The van der Waals surface area contributed by atoms with Crippen molar-refractivity contribution in [2.45, 2.75) is 37.9 Å². The molecule has 2 aromatic rings. The highest BCUT2D eigenvalue weighted by atomic mass is 16.2. The smallest absolute Gasteiger partial charge is 0.230 e. The molecule has 1 saturated carbocycles. The van der Waals surface area contributed by atoms with Gasteiger partial charge in [0.05, 0.1) is 29.8 Å². The Morgan fingerprint density at radius 1 is 1.39 bits per heavy atom. The van der Waals surface area contributed by atoms with E-state index in [1.807, 2.05) is 42.1 Å². The molecule has 7 nitrogen and oxygen atoms in total. The number of carbonyl (C=O) groups is 1. The van der Waals surface area contributed by atoms with E-state index in [4.69, 9.17) is 0 Å². The largest absolute Gasteiger partial charge is 0.353 e. The van der Waals surface area contributed by atoms with Crippen LogP contribution >= 0.6 is 0 Å². The third-order valence-corrected chi connectivity index (χ3v) is 4.61. The van der Waals surface area contributed by atoms with Gasteiger partial charge in [-0.15, -0.1) is 0 Å². The molecule has 4 rings (SSSR count). The molecule has 1 amide bonds. The topological polar surface area (TPSA) is 68.0 Å². The zero-order valence-corrected chi connectivity index (χ0v) is 13.6. The number of aryl methyl sites for hydroxylation is 2. The average molecular weight is 314 g/mol. The van der Waals surface area contributed by atoms with Crippen LogP contribution in [0.15, 0.2) is 18.7 Å². The lowest BCUT2D eigenvalue weighted by atomic mass is 9.96. The summed E-state index contributed by atoms with van der Waals surface area (Å²) in [5.74, 6) is -0.0169. The first-order chi connectivity index (χ1) is 11.1. The predicted octanol–water partition coefficient (Wildman–Crippen LogP) is 0.532. The molecule has 1 aliphatic carbocycles. The van der Waals surface area contributed by atoms with Crippen molar-refractivity contribution in [3.05, 3.63) is 35.7 Å². The molecular formula is C16H22N6O. The van der Waals surface area contributed by atoms with E-state index in [1.54, 1.807) is 0 Å². The second-order valence-electron chi connectivity index (χ2n) is 6.71. The van der Waals surface area contributed by atoms with Crippen molar-refractivity contribution in [2.24, 2.45) is 14.1 Å². The van der Waals surface area contributed by atoms with Crippen molar-refractivity contribution < 1.29 is 4.79 Å². The summed E-state index contributed by atoms with van der Waals surface area (Å²) in [6.07, 6.45) is 7.93. The zero-order chi connectivity index (χ0) is 16.0. The average Bonchev–Trinajstić information content (AvgIpc) is 3.13. The molecule has 1 fully saturated rings. The van der Waals surface area contributed by atoms with Crippen LogP contribution < -0.4 is 5.32 Å². The monoisotopic (exact) mass is 314 g/mol. The van der Waals surface area contributed by atoms with Gasteiger partial charge >= 0.3 is 0 Å². The Morgan fingerprint density at radius 3 is 2.91 bits per heavy atom. The number of imidazole rings is 1. The van der Waals surface area contributed by atoms with Crippen molar-refractivity contribution in [2.75, 3.05) is 6.54 Å². The quantitative estimate of drug-likeness (QED) is 0.894. The summed E-state index contributed by atoms with van der Waals surface area (Å²) >= 11 is 0. The van der Waals surface area contributed by atoms with E-state index < -0.39 is 0 Å². The molecule has 1 atom stereocenters. The van der Waals surface area contributed by atoms with Gasteiger partial charge in [-0.1, -0.05) is 0 Å². The van der Waals surface area contributed by atoms with Gasteiger partial charge in [-0.05, 0) is 12.8 Å². The van der Waals surface area contributed by atoms with Gasteiger partial charge in [-0.25, -0.2) is 4.98 Å². The Hall–Kier alpha value is -2.15. The van der Waals surface area contributed by atoms with Gasteiger partial charge < -0.3 is 9.88 Å². The van der Waals surface area contributed by atoms with E-state index in [-0.39, 0.29) is 11.8 Å². The lowest BCUT2D eigenvalue weighted by molar-refractivity contribution is -0.123. The molecule has 122 valence electrons. The van der Waals surface area contributed by atoms with Crippen molar-refractivity contribution in [1.29, 1.82) is 0 Å². The minimum atomic E-state index is -0.150. The first-order valence-electron chi connectivity index (χ1n) is 8.10. The molecular weight excluding hydrogens is 292 g/mol. The third kappa shape index (κ3) is 2.88. The molecule has 0 spiro atoms. The molecule has 1 N–H and O–H groups in total. The maximum absolute atomic E-state index is 12.7. The molecule has 23 heavy (non-hydrogen) atoms.